The van der Waals surface area contributed by atoms with Crippen LogP contribution in [0.25, 0.3) is 5.69 Å². The molecular weight excluding hydrogens is 300 g/mol. The molecule has 1 saturated heterocycles. The molecule has 1 aromatic carbocycles. The second-order valence-electron chi connectivity index (χ2n) is 5.38. The van der Waals surface area contributed by atoms with Gasteiger partial charge in [0.2, 0.25) is 5.91 Å². The molecule has 2 heterocycles. The Balaban J connectivity index is 0.00000176. The van der Waals surface area contributed by atoms with Crippen molar-refractivity contribution in [3.8, 4) is 5.69 Å². The molecule has 0 spiro atoms. The van der Waals surface area contributed by atoms with Crippen molar-refractivity contribution < 1.29 is 4.79 Å². The summed E-state index contributed by atoms with van der Waals surface area (Å²) >= 11 is 0. The van der Waals surface area contributed by atoms with Gasteiger partial charge in [-0.15, -0.1) is 12.4 Å². The zero-order chi connectivity index (χ0) is 14.5. The average molecular weight is 321 g/mol. The Labute approximate surface area is 136 Å². The first-order valence-electron chi connectivity index (χ1n) is 7.44. The van der Waals surface area contributed by atoms with Crippen LogP contribution < -0.4 is 10.6 Å². The molecule has 2 N–H and O–H groups in total. The van der Waals surface area contributed by atoms with E-state index in [2.05, 4.69) is 15.7 Å². The Morgan fingerprint density at radius 3 is 3.05 bits per heavy atom. The monoisotopic (exact) mass is 320 g/mol. The van der Waals surface area contributed by atoms with Crippen LogP contribution in [0, 0.1) is 0 Å². The van der Waals surface area contributed by atoms with E-state index < -0.39 is 0 Å². The van der Waals surface area contributed by atoms with Crippen molar-refractivity contribution in [2.24, 2.45) is 0 Å². The van der Waals surface area contributed by atoms with Gasteiger partial charge in [-0.25, -0.2) is 4.68 Å². The Morgan fingerprint density at radius 1 is 1.41 bits per heavy atom. The smallest absolute Gasteiger partial charge is 0.224 e. The number of rotatable bonds is 5. The molecule has 0 saturated carbocycles. The Hall–Kier alpha value is -1.85. The van der Waals surface area contributed by atoms with Crippen LogP contribution in [0.2, 0.25) is 0 Å². The van der Waals surface area contributed by atoms with Crippen LogP contribution in [0.4, 0.5) is 5.69 Å². The summed E-state index contributed by atoms with van der Waals surface area (Å²) < 4.78 is 1.78. The average Bonchev–Trinajstić information content (AvgIpc) is 3.19. The molecule has 0 radical (unpaired) electrons. The summed E-state index contributed by atoms with van der Waals surface area (Å²) in [5, 5.41) is 10.6. The van der Waals surface area contributed by atoms with Crippen molar-refractivity contribution in [2.75, 3.05) is 11.9 Å². The minimum absolute atomic E-state index is 0. The zero-order valence-electron chi connectivity index (χ0n) is 12.4. The van der Waals surface area contributed by atoms with Crippen LogP contribution in [-0.4, -0.2) is 28.3 Å². The molecule has 0 bridgehead atoms. The Morgan fingerprint density at radius 2 is 2.32 bits per heavy atom. The number of anilines is 1. The standard InChI is InChI=1S/C16H20N4O.ClH/c21-16(8-7-13-5-2-9-17-13)19-14-4-1-6-15(12-14)20-11-3-10-18-20;/h1,3-4,6,10-13,17H,2,5,7-9H2,(H,19,21);1H. The van der Waals surface area contributed by atoms with Gasteiger partial charge in [0.15, 0.2) is 0 Å². The van der Waals surface area contributed by atoms with Crippen molar-refractivity contribution in [1.82, 2.24) is 15.1 Å². The van der Waals surface area contributed by atoms with Gasteiger partial charge in [-0.3, -0.25) is 4.79 Å². The maximum Gasteiger partial charge on any atom is 0.224 e. The molecule has 1 atom stereocenters. The molecule has 5 nitrogen and oxygen atoms in total. The highest BCUT2D eigenvalue weighted by Crippen LogP contribution is 2.15. The van der Waals surface area contributed by atoms with E-state index in [0.717, 1.165) is 24.3 Å². The molecule has 3 rings (SSSR count). The third kappa shape index (κ3) is 4.32. The zero-order valence-corrected chi connectivity index (χ0v) is 13.2. The lowest BCUT2D eigenvalue weighted by Crippen LogP contribution is -2.23. The highest BCUT2D eigenvalue weighted by atomic mass is 35.5. The second kappa shape index (κ2) is 7.96. The minimum Gasteiger partial charge on any atom is -0.326 e. The van der Waals surface area contributed by atoms with E-state index in [0.29, 0.717) is 12.5 Å². The van der Waals surface area contributed by atoms with E-state index in [1.165, 1.54) is 12.8 Å². The molecule has 1 unspecified atom stereocenters. The molecule has 1 fully saturated rings. The first kappa shape index (κ1) is 16.5. The van der Waals surface area contributed by atoms with Crippen molar-refractivity contribution in [3.63, 3.8) is 0 Å². The summed E-state index contributed by atoms with van der Waals surface area (Å²) in [5.41, 5.74) is 1.75. The van der Waals surface area contributed by atoms with E-state index in [1.54, 1.807) is 10.9 Å². The number of halogens is 1. The molecule has 1 amide bonds. The molecule has 0 aliphatic carbocycles. The van der Waals surface area contributed by atoms with Crippen LogP contribution in [0.3, 0.4) is 0 Å². The van der Waals surface area contributed by atoms with Crippen molar-refractivity contribution in [1.29, 1.82) is 0 Å². The lowest BCUT2D eigenvalue weighted by atomic mass is 10.1. The summed E-state index contributed by atoms with van der Waals surface area (Å²) in [5.74, 6) is 0.0707. The first-order chi connectivity index (χ1) is 10.3. The van der Waals surface area contributed by atoms with Crippen molar-refractivity contribution >= 4 is 24.0 Å². The largest absolute Gasteiger partial charge is 0.326 e. The molecular formula is C16H21ClN4O. The predicted octanol–water partition coefficient (Wildman–Crippen LogP) is 2.76. The van der Waals surface area contributed by atoms with Gasteiger partial charge in [0.1, 0.15) is 0 Å². The number of aromatic nitrogens is 2. The summed E-state index contributed by atoms with van der Waals surface area (Å²) in [6.45, 7) is 1.08. The van der Waals surface area contributed by atoms with Crippen molar-refractivity contribution in [3.05, 3.63) is 42.7 Å². The molecule has 1 aliphatic rings. The van der Waals surface area contributed by atoms with E-state index in [4.69, 9.17) is 0 Å². The fraction of sp³-hybridized carbons (Fsp3) is 0.375. The van der Waals surface area contributed by atoms with Gasteiger partial charge in [-0.1, -0.05) is 6.07 Å². The fourth-order valence-corrected chi connectivity index (χ4v) is 2.68. The van der Waals surface area contributed by atoms with E-state index in [9.17, 15) is 4.79 Å². The summed E-state index contributed by atoms with van der Waals surface area (Å²) in [4.78, 5) is 12.0. The van der Waals surface area contributed by atoms with Crippen LogP contribution >= 0.6 is 12.4 Å². The number of benzene rings is 1. The molecule has 22 heavy (non-hydrogen) atoms. The van der Waals surface area contributed by atoms with E-state index in [-0.39, 0.29) is 18.3 Å². The molecule has 1 aromatic heterocycles. The highest BCUT2D eigenvalue weighted by Gasteiger charge is 2.15. The van der Waals surface area contributed by atoms with Gasteiger partial charge in [-0.05, 0) is 50.1 Å². The van der Waals surface area contributed by atoms with Crippen LogP contribution in [-0.2, 0) is 4.79 Å². The third-order valence-electron chi connectivity index (χ3n) is 3.78. The lowest BCUT2D eigenvalue weighted by molar-refractivity contribution is -0.116. The quantitative estimate of drug-likeness (QED) is 0.890. The number of hydrogen-bond acceptors (Lipinski definition) is 3. The number of hydrogen-bond donors (Lipinski definition) is 2. The fourth-order valence-electron chi connectivity index (χ4n) is 2.68. The number of amides is 1. The van der Waals surface area contributed by atoms with E-state index >= 15 is 0 Å². The van der Waals surface area contributed by atoms with Crippen LogP contribution in [0.1, 0.15) is 25.7 Å². The van der Waals surface area contributed by atoms with Gasteiger partial charge >= 0.3 is 0 Å². The number of carbonyl (C=O) groups excluding carboxylic acids is 1. The minimum atomic E-state index is 0. The van der Waals surface area contributed by atoms with Gasteiger partial charge in [0.25, 0.3) is 0 Å². The second-order valence-corrected chi connectivity index (χ2v) is 5.38. The van der Waals surface area contributed by atoms with Gasteiger partial charge in [-0.2, -0.15) is 5.10 Å². The highest BCUT2D eigenvalue weighted by molar-refractivity contribution is 5.91. The normalized spacial score (nSPS) is 17.0. The molecule has 1 aliphatic heterocycles. The number of nitrogens with one attached hydrogen (secondary N) is 2. The topological polar surface area (TPSA) is 59.0 Å². The van der Waals surface area contributed by atoms with Crippen LogP contribution in [0.15, 0.2) is 42.7 Å². The van der Waals surface area contributed by atoms with Crippen LogP contribution in [0.5, 0.6) is 0 Å². The van der Waals surface area contributed by atoms with Gasteiger partial charge in [0.05, 0.1) is 5.69 Å². The predicted molar refractivity (Wildman–Crippen MR) is 89.7 cm³/mol. The molecule has 2 aromatic rings. The van der Waals surface area contributed by atoms with Gasteiger partial charge < -0.3 is 10.6 Å². The van der Waals surface area contributed by atoms with Crippen molar-refractivity contribution in [2.45, 2.75) is 31.7 Å². The van der Waals surface area contributed by atoms with E-state index in [1.807, 2.05) is 36.5 Å². The van der Waals surface area contributed by atoms with Gasteiger partial charge in [0, 0.05) is 30.5 Å². The number of carbonyl (C=O) groups is 1. The maximum atomic E-state index is 12.0. The Kier molecular flexibility index (Phi) is 5.98. The molecule has 118 valence electrons. The molecule has 6 heteroatoms. The third-order valence-corrected chi connectivity index (χ3v) is 3.78. The maximum absolute atomic E-state index is 12.0. The first-order valence-corrected chi connectivity index (χ1v) is 7.44. The Bertz CT molecular complexity index is 594. The SMILES string of the molecule is Cl.O=C(CCC1CCCN1)Nc1cccc(-n2cccn2)c1. The summed E-state index contributed by atoms with van der Waals surface area (Å²) in [7, 11) is 0. The lowest BCUT2D eigenvalue weighted by Gasteiger charge is -2.10. The summed E-state index contributed by atoms with van der Waals surface area (Å²) in [6.07, 6.45) is 7.49. The summed E-state index contributed by atoms with van der Waals surface area (Å²) in [6, 6.07) is 10.1. The number of nitrogens with zero attached hydrogens (tertiary/aromatic N) is 2.